The van der Waals surface area contributed by atoms with Crippen LogP contribution in [-0.4, -0.2) is 48.6 Å². The van der Waals surface area contributed by atoms with Crippen LogP contribution in [0.5, 0.6) is 5.75 Å². The van der Waals surface area contributed by atoms with E-state index in [-0.39, 0.29) is 11.7 Å². The van der Waals surface area contributed by atoms with Gasteiger partial charge in [0.05, 0.1) is 17.8 Å². The molecule has 9 nitrogen and oxygen atoms in total. The molecule has 1 aromatic carbocycles. The molecule has 2 aliphatic rings. The number of ether oxygens (including phenoxy) is 1. The van der Waals surface area contributed by atoms with Gasteiger partial charge in [-0.3, -0.25) is 9.59 Å². The second-order valence-corrected chi connectivity index (χ2v) is 11.0. The SMILES string of the molecule is CCCCn1nc2c(c1NC(=O)CS(C)(=O)=O)C(=O)N[C@@]1(CCc3cc(OCC)ccc31)C2. The molecule has 1 aliphatic heterocycles. The zero-order chi connectivity index (χ0) is 23.8. The van der Waals surface area contributed by atoms with Crippen LogP contribution in [0.3, 0.4) is 0 Å². The Balaban J connectivity index is 1.69. The van der Waals surface area contributed by atoms with Gasteiger partial charge in [-0.25, -0.2) is 13.1 Å². The number of carbonyl (C=O) groups excluding carboxylic acids is 2. The van der Waals surface area contributed by atoms with Crippen molar-refractivity contribution in [1.82, 2.24) is 15.1 Å². The number of rotatable bonds is 8. The molecule has 178 valence electrons. The summed E-state index contributed by atoms with van der Waals surface area (Å²) in [5.74, 6) is -0.557. The number of nitrogens with one attached hydrogen (secondary N) is 2. The highest BCUT2D eigenvalue weighted by molar-refractivity contribution is 7.91. The summed E-state index contributed by atoms with van der Waals surface area (Å²) in [5.41, 5.74) is 2.60. The maximum Gasteiger partial charge on any atom is 0.257 e. The van der Waals surface area contributed by atoms with Crippen molar-refractivity contribution in [1.29, 1.82) is 0 Å². The molecule has 33 heavy (non-hydrogen) atoms. The molecule has 1 aromatic heterocycles. The van der Waals surface area contributed by atoms with Crippen LogP contribution in [0.2, 0.25) is 0 Å². The van der Waals surface area contributed by atoms with Crippen LogP contribution in [0.1, 0.15) is 60.3 Å². The van der Waals surface area contributed by atoms with E-state index in [1.807, 2.05) is 32.0 Å². The molecule has 10 heteroatoms. The molecule has 4 rings (SSSR count). The highest BCUT2D eigenvalue weighted by Gasteiger charge is 2.46. The fourth-order valence-corrected chi connectivity index (χ4v) is 5.33. The van der Waals surface area contributed by atoms with E-state index in [2.05, 4.69) is 10.6 Å². The van der Waals surface area contributed by atoms with Gasteiger partial charge in [-0.15, -0.1) is 0 Å². The quantitative estimate of drug-likeness (QED) is 0.605. The standard InChI is InChI=1S/C23H30N4O5S/c1-4-6-11-27-21(24-19(28)14-33(3,30)31)20-18(26-27)13-23(25-22(20)29)10-9-15-12-16(32-5-2)7-8-17(15)23/h7-8,12H,4-6,9-11,13-14H2,1-3H3,(H,24,28)(H,25,29)/t23-/m0/s1. The lowest BCUT2D eigenvalue weighted by molar-refractivity contribution is -0.113. The minimum atomic E-state index is -3.50. The number of hydrogen-bond donors (Lipinski definition) is 2. The number of nitrogens with zero attached hydrogens (tertiary/aromatic N) is 2. The number of anilines is 1. The molecule has 2 heterocycles. The summed E-state index contributed by atoms with van der Waals surface area (Å²) in [6.45, 7) is 5.09. The van der Waals surface area contributed by atoms with Crippen molar-refractivity contribution in [2.75, 3.05) is 23.9 Å². The topological polar surface area (TPSA) is 119 Å². The molecule has 2 N–H and O–H groups in total. The third-order valence-electron chi connectivity index (χ3n) is 6.17. The number of sulfone groups is 1. The van der Waals surface area contributed by atoms with Crippen molar-refractivity contribution in [2.45, 2.75) is 58.0 Å². The Morgan fingerprint density at radius 1 is 1.33 bits per heavy atom. The number of aryl methyl sites for hydroxylation is 2. The second kappa shape index (κ2) is 8.81. The van der Waals surface area contributed by atoms with Gasteiger partial charge in [0.1, 0.15) is 22.9 Å². The third kappa shape index (κ3) is 4.62. The lowest BCUT2D eigenvalue weighted by atomic mass is 9.82. The fraction of sp³-hybridized carbons (Fsp3) is 0.522. The van der Waals surface area contributed by atoms with Crippen LogP contribution < -0.4 is 15.4 Å². The molecule has 0 saturated carbocycles. The predicted octanol–water partition coefficient (Wildman–Crippen LogP) is 2.19. The zero-order valence-electron chi connectivity index (χ0n) is 19.2. The highest BCUT2D eigenvalue weighted by Crippen LogP contribution is 2.44. The summed E-state index contributed by atoms with van der Waals surface area (Å²) >= 11 is 0. The van der Waals surface area contributed by atoms with Crippen molar-refractivity contribution in [3.05, 3.63) is 40.6 Å². The van der Waals surface area contributed by atoms with Gasteiger partial charge in [-0.2, -0.15) is 5.10 Å². The largest absolute Gasteiger partial charge is 0.494 e. The van der Waals surface area contributed by atoms with Crippen LogP contribution in [0, 0.1) is 0 Å². The van der Waals surface area contributed by atoms with Gasteiger partial charge in [0.15, 0.2) is 9.84 Å². The van der Waals surface area contributed by atoms with E-state index in [1.165, 1.54) is 0 Å². The summed E-state index contributed by atoms with van der Waals surface area (Å²) in [6.07, 6.45) is 4.80. The molecule has 0 fully saturated rings. The fourth-order valence-electron chi connectivity index (χ4n) is 4.78. The van der Waals surface area contributed by atoms with Gasteiger partial charge in [-0.1, -0.05) is 19.4 Å². The van der Waals surface area contributed by atoms with Crippen molar-refractivity contribution in [2.24, 2.45) is 0 Å². The maximum atomic E-state index is 13.3. The van der Waals surface area contributed by atoms with E-state index in [1.54, 1.807) is 4.68 Å². The van der Waals surface area contributed by atoms with Crippen LogP contribution in [0.4, 0.5) is 5.82 Å². The van der Waals surface area contributed by atoms with E-state index in [4.69, 9.17) is 9.84 Å². The number of unbranched alkanes of at least 4 members (excludes halogenated alkanes) is 1. The van der Waals surface area contributed by atoms with Crippen molar-refractivity contribution in [3.8, 4) is 5.75 Å². The third-order valence-corrected chi connectivity index (χ3v) is 6.96. The van der Waals surface area contributed by atoms with Crippen LogP contribution in [0.15, 0.2) is 18.2 Å². The summed E-state index contributed by atoms with van der Waals surface area (Å²) in [4.78, 5) is 25.7. The highest BCUT2D eigenvalue weighted by atomic mass is 32.2. The van der Waals surface area contributed by atoms with Gasteiger partial charge in [0, 0.05) is 19.2 Å². The minimum Gasteiger partial charge on any atom is -0.494 e. The Morgan fingerprint density at radius 2 is 2.12 bits per heavy atom. The molecule has 0 bridgehead atoms. The van der Waals surface area contributed by atoms with E-state index >= 15 is 0 Å². The normalized spacial score (nSPS) is 19.2. The van der Waals surface area contributed by atoms with E-state index in [0.29, 0.717) is 30.8 Å². The van der Waals surface area contributed by atoms with E-state index < -0.39 is 27.0 Å². The average molecular weight is 475 g/mol. The summed E-state index contributed by atoms with van der Waals surface area (Å²) in [6, 6.07) is 5.97. The Hall–Kier alpha value is -2.88. The number of carbonyl (C=O) groups is 2. The molecule has 0 unspecified atom stereocenters. The zero-order valence-corrected chi connectivity index (χ0v) is 20.0. The average Bonchev–Trinajstić information content (AvgIpc) is 3.23. The number of aromatic nitrogens is 2. The van der Waals surface area contributed by atoms with Gasteiger partial charge in [0.25, 0.3) is 5.91 Å². The van der Waals surface area contributed by atoms with E-state index in [9.17, 15) is 18.0 Å². The van der Waals surface area contributed by atoms with Crippen molar-refractivity contribution in [3.63, 3.8) is 0 Å². The Bertz CT molecular complexity index is 1200. The maximum absolute atomic E-state index is 13.3. The molecular formula is C23H30N4O5S. The minimum absolute atomic E-state index is 0.268. The van der Waals surface area contributed by atoms with Gasteiger partial charge in [0.2, 0.25) is 5.91 Å². The summed E-state index contributed by atoms with van der Waals surface area (Å²) < 4.78 is 30.4. The number of hydrogen-bond acceptors (Lipinski definition) is 6. The van der Waals surface area contributed by atoms with Crippen LogP contribution >= 0.6 is 0 Å². The summed E-state index contributed by atoms with van der Waals surface area (Å²) in [7, 11) is -3.50. The van der Waals surface area contributed by atoms with Gasteiger partial charge < -0.3 is 15.4 Å². The van der Waals surface area contributed by atoms with Gasteiger partial charge >= 0.3 is 0 Å². The molecule has 1 atom stereocenters. The van der Waals surface area contributed by atoms with Crippen LogP contribution in [-0.2, 0) is 39.6 Å². The number of fused-ring (bicyclic) bond motifs is 3. The lowest BCUT2D eigenvalue weighted by Crippen LogP contribution is -2.49. The summed E-state index contributed by atoms with van der Waals surface area (Å²) in [5, 5.41) is 10.5. The van der Waals surface area contributed by atoms with Gasteiger partial charge in [-0.05, 0) is 49.4 Å². The molecule has 1 spiro atoms. The molecular weight excluding hydrogens is 444 g/mol. The first-order valence-electron chi connectivity index (χ1n) is 11.3. The molecule has 1 aliphatic carbocycles. The molecule has 0 saturated heterocycles. The Kier molecular flexibility index (Phi) is 6.22. The smallest absolute Gasteiger partial charge is 0.257 e. The van der Waals surface area contributed by atoms with Crippen molar-refractivity contribution >= 4 is 27.5 Å². The second-order valence-electron chi connectivity index (χ2n) is 8.83. The Labute approximate surface area is 193 Å². The Morgan fingerprint density at radius 3 is 2.82 bits per heavy atom. The first-order chi connectivity index (χ1) is 15.7. The monoisotopic (exact) mass is 474 g/mol. The first-order valence-corrected chi connectivity index (χ1v) is 13.4. The van der Waals surface area contributed by atoms with E-state index in [0.717, 1.165) is 48.8 Å². The number of amides is 2. The van der Waals surface area contributed by atoms with Crippen molar-refractivity contribution < 1.29 is 22.7 Å². The number of benzene rings is 1. The predicted molar refractivity (Wildman–Crippen MR) is 124 cm³/mol. The first kappa shape index (κ1) is 23.3. The lowest BCUT2D eigenvalue weighted by Gasteiger charge is -2.35. The molecule has 2 aromatic rings. The molecule has 0 radical (unpaired) electrons. The van der Waals surface area contributed by atoms with Crippen LogP contribution in [0.25, 0.3) is 0 Å². The molecule has 2 amide bonds.